The number of pyridine rings is 1. The largest absolute Gasteiger partial charge is 0.493 e. The highest BCUT2D eigenvalue weighted by molar-refractivity contribution is 5.94. The summed E-state index contributed by atoms with van der Waals surface area (Å²) in [5.41, 5.74) is 5.54. The summed E-state index contributed by atoms with van der Waals surface area (Å²) >= 11 is 0. The van der Waals surface area contributed by atoms with Crippen LogP contribution < -0.4 is 10.1 Å². The quantitative estimate of drug-likeness (QED) is 0.807. The Morgan fingerprint density at radius 1 is 1.29 bits per heavy atom. The van der Waals surface area contributed by atoms with Gasteiger partial charge < -0.3 is 10.1 Å². The topological polar surface area (TPSA) is 55.6 Å². The van der Waals surface area contributed by atoms with Crippen LogP contribution in [0.15, 0.2) is 36.5 Å². The van der Waals surface area contributed by atoms with E-state index >= 15 is 0 Å². The summed E-state index contributed by atoms with van der Waals surface area (Å²) < 4.78 is 7.35. The van der Waals surface area contributed by atoms with Crippen molar-refractivity contribution in [1.29, 1.82) is 0 Å². The molecule has 24 heavy (non-hydrogen) atoms. The smallest absolute Gasteiger partial charge is 0.270 e. The average Bonchev–Trinajstić information content (AvgIpc) is 3.14. The van der Waals surface area contributed by atoms with Crippen LogP contribution in [0.2, 0.25) is 0 Å². The van der Waals surface area contributed by atoms with Crippen LogP contribution in [0, 0.1) is 13.8 Å². The molecule has 0 aliphatic carbocycles. The van der Waals surface area contributed by atoms with Gasteiger partial charge in [0.2, 0.25) is 0 Å². The lowest BCUT2D eigenvalue weighted by molar-refractivity contribution is 0.0944. The Balaban J connectivity index is 1.55. The molecule has 1 aromatic carbocycles. The molecule has 0 saturated carbocycles. The van der Waals surface area contributed by atoms with E-state index in [0.29, 0.717) is 12.2 Å². The van der Waals surface area contributed by atoms with E-state index in [2.05, 4.69) is 16.4 Å². The minimum atomic E-state index is -0.111. The van der Waals surface area contributed by atoms with Crippen molar-refractivity contribution in [1.82, 2.24) is 14.7 Å². The minimum Gasteiger partial charge on any atom is -0.493 e. The van der Waals surface area contributed by atoms with Gasteiger partial charge in [-0.15, -0.1) is 0 Å². The fourth-order valence-corrected chi connectivity index (χ4v) is 3.15. The molecule has 2 aromatic heterocycles. The van der Waals surface area contributed by atoms with Gasteiger partial charge in [-0.05, 0) is 48.7 Å². The molecular weight excluding hydrogens is 302 g/mol. The van der Waals surface area contributed by atoms with Crippen molar-refractivity contribution in [2.24, 2.45) is 0 Å². The Bertz CT molecular complexity index is 943. The summed E-state index contributed by atoms with van der Waals surface area (Å²) in [7, 11) is 0. The van der Waals surface area contributed by atoms with Crippen molar-refractivity contribution in [3.8, 4) is 5.75 Å². The number of carbonyl (C=O) groups excluding carboxylic acids is 1. The monoisotopic (exact) mass is 321 g/mol. The van der Waals surface area contributed by atoms with Crippen molar-refractivity contribution in [2.45, 2.75) is 26.8 Å². The van der Waals surface area contributed by atoms with Gasteiger partial charge in [0.05, 0.1) is 12.3 Å². The minimum absolute atomic E-state index is 0.111. The number of amides is 1. The lowest BCUT2D eigenvalue weighted by Gasteiger charge is -2.08. The predicted octanol–water partition coefficient (Wildman–Crippen LogP) is 2.82. The second-order valence-corrected chi connectivity index (χ2v) is 6.20. The molecule has 122 valence electrons. The van der Waals surface area contributed by atoms with Crippen LogP contribution in [0.3, 0.4) is 0 Å². The molecule has 0 fully saturated rings. The zero-order valence-corrected chi connectivity index (χ0v) is 13.8. The first-order chi connectivity index (χ1) is 11.6. The maximum absolute atomic E-state index is 12.6. The summed E-state index contributed by atoms with van der Waals surface area (Å²) in [4.78, 5) is 17.1. The first-order valence-electron chi connectivity index (χ1n) is 8.10. The third-order valence-corrected chi connectivity index (χ3v) is 4.38. The molecule has 0 bridgehead atoms. The van der Waals surface area contributed by atoms with Gasteiger partial charge in [0, 0.05) is 19.2 Å². The summed E-state index contributed by atoms with van der Waals surface area (Å²) in [5.74, 6) is 0.846. The summed E-state index contributed by atoms with van der Waals surface area (Å²) in [6.45, 7) is 5.11. The molecule has 4 rings (SSSR count). The summed E-state index contributed by atoms with van der Waals surface area (Å²) in [5, 5.41) is 3.00. The van der Waals surface area contributed by atoms with Crippen molar-refractivity contribution < 1.29 is 9.53 Å². The van der Waals surface area contributed by atoms with Crippen LogP contribution in [0.4, 0.5) is 0 Å². The number of benzene rings is 1. The molecule has 0 spiro atoms. The zero-order valence-electron chi connectivity index (χ0n) is 13.8. The van der Waals surface area contributed by atoms with Crippen LogP contribution >= 0.6 is 0 Å². The summed E-state index contributed by atoms with van der Waals surface area (Å²) in [6.07, 6.45) is 2.83. The number of carbonyl (C=O) groups is 1. The number of imidazole rings is 1. The van der Waals surface area contributed by atoms with E-state index in [4.69, 9.17) is 4.74 Å². The van der Waals surface area contributed by atoms with E-state index in [0.717, 1.165) is 41.2 Å². The first kappa shape index (κ1) is 14.8. The highest BCUT2D eigenvalue weighted by Crippen LogP contribution is 2.25. The van der Waals surface area contributed by atoms with Gasteiger partial charge in [0.15, 0.2) is 0 Å². The Morgan fingerprint density at radius 3 is 3.04 bits per heavy atom. The maximum Gasteiger partial charge on any atom is 0.270 e. The maximum atomic E-state index is 12.6. The molecule has 1 N–H and O–H groups in total. The molecular formula is C19H19N3O2. The number of hydrogen-bond acceptors (Lipinski definition) is 3. The number of nitrogens with zero attached hydrogens (tertiary/aromatic N) is 2. The highest BCUT2D eigenvalue weighted by Gasteiger charge is 2.17. The third-order valence-electron chi connectivity index (χ3n) is 4.38. The van der Waals surface area contributed by atoms with E-state index in [1.54, 1.807) is 0 Å². The van der Waals surface area contributed by atoms with Gasteiger partial charge in [0.25, 0.3) is 5.91 Å². The van der Waals surface area contributed by atoms with E-state index in [1.165, 1.54) is 5.56 Å². The fourth-order valence-electron chi connectivity index (χ4n) is 3.15. The second kappa shape index (κ2) is 5.67. The molecule has 5 heteroatoms. The molecule has 0 saturated heterocycles. The molecule has 1 aliphatic rings. The molecule has 5 nitrogen and oxygen atoms in total. The van der Waals surface area contributed by atoms with E-state index in [-0.39, 0.29) is 5.91 Å². The van der Waals surface area contributed by atoms with Crippen LogP contribution in [0.25, 0.3) is 5.65 Å². The Morgan fingerprint density at radius 2 is 2.17 bits per heavy atom. The highest BCUT2D eigenvalue weighted by atomic mass is 16.5. The van der Waals surface area contributed by atoms with Crippen LogP contribution in [0.1, 0.15) is 32.9 Å². The Kier molecular flexibility index (Phi) is 3.49. The van der Waals surface area contributed by atoms with E-state index < -0.39 is 0 Å². The Labute approximate surface area is 140 Å². The van der Waals surface area contributed by atoms with E-state index in [9.17, 15) is 4.79 Å². The molecule has 1 amide bonds. The van der Waals surface area contributed by atoms with Crippen LogP contribution in [0.5, 0.6) is 5.75 Å². The van der Waals surface area contributed by atoms with Crippen molar-refractivity contribution in [3.05, 3.63) is 64.6 Å². The van der Waals surface area contributed by atoms with Gasteiger partial charge in [-0.1, -0.05) is 12.1 Å². The third kappa shape index (κ3) is 2.52. The number of nitrogens with one attached hydrogen (secondary N) is 1. The predicted molar refractivity (Wildman–Crippen MR) is 91.5 cm³/mol. The molecule has 0 unspecified atom stereocenters. The normalized spacial score (nSPS) is 12.9. The standard InChI is InChI=1S/C19H19N3O2/c1-12-5-7-22-17(9-12)21-13(2)18(22)19(23)20-11-14-3-4-16-15(10-14)6-8-24-16/h3-5,7,9-10H,6,8,11H2,1-2H3,(H,20,23). The lowest BCUT2D eigenvalue weighted by Crippen LogP contribution is -2.25. The van der Waals surface area contributed by atoms with Gasteiger partial charge >= 0.3 is 0 Å². The number of hydrogen-bond donors (Lipinski definition) is 1. The number of rotatable bonds is 3. The number of fused-ring (bicyclic) bond motifs is 2. The molecule has 1 aliphatic heterocycles. The fraction of sp³-hybridized carbons (Fsp3) is 0.263. The number of aromatic nitrogens is 2. The lowest BCUT2D eigenvalue weighted by atomic mass is 10.1. The van der Waals surface area contributed by atoms with E-state index in [1.807, 2.05) is 48.7 Å². The van der Waals surface area contributed by atoms with Crippen molar-refractivity contribution in [2.75, 3.05) is 6.61 Å². The molecule has 0 atom stereocenters. The van der Waals surface area contributed by atoms with Gasteiger partial charge in [-0.3, -0.25) is 9.20 Å². The van der Waals surface area contributed by atoms with Crippen molar-refractivity contribution >= 4 is 11.6 Å². The van der Waals surface area contributed by atoms with Gasteiger partial charge in [-0.2, -0.15) is 0 Å². The van der Waals surface area contributed by atoms with Gasteiger partial charge in [0.1, 0.15) is 17.1 Å². The molecule has 3 heterocycles. The van der Waals surface area contributed by atoms with Gasteiger partial charge in [-0.25, -0.2) is 4.98 Å². The van der Waals surface area contributed by atoms with Crippen LogP contribution in [-0.2, 0) is 13.0 Å². The average molecular weight is 321 g/mol. The second-order valence-electron chi connectivity index (χ2n) is 6.20. The number of ether oxygens (including phenoxy) is 1. The van der Waals surface area contributed by atoms with Crippen molar-refractivity contribution in [3.63, 3.8) is 0 Å². The van der Waals surface area contributed by atoms with Crippen LogP contribution in [-0.4, -0.2) is 21.9 Å². The Hall–Kier alpha value is -2.82. The molecule has 3 aromatic rings. The number of aryl methyl sites for hydroxylation is 2. The SMILES string of the molecule is Cc1ccn2c(C(=O)NCc3ccc4c(c3)CCO4)c(C)nc2c1. The zero-order chi connectivity index (χ0) is 16.7. The first-order valence-corrected chi connectivity index (χ1v) is 8.10. The summed E-state index contributed by atoms with van der Waals surface area (Å²) in [6, 6.07) is 10.0. The molecule has 0 radical (unpaired) electrons.